The summed E-state index contributed by atoms with van der Waals surface area (Å²) in [5.74, 6) is -0.758. The van der Waals surface area contributed by atoms with Crippen LogP contribution in [0.2, 0.25) is 0 Å². The van der Waals surface area contributed by atoms with Gasteiger partial charge in [0.15, 0.2) is 11.5 Å². The third kappa shape index (κ3) is 5.66. The number of benzene rings is 1. The molecular formula is C25H34N2O8. The predicted octanol–water partition coefficient (Wildman–Crippen LogP) is 0.794. The van der Waals surface area contributed by atoms with E-state index in [1.165, 1.54) is 25.0 Å². The number of carbonyl (C=O) groups excluding carboxylic acids is 3. The predicted molar refractivity (Wildman–Crippen MR) is 127 cm³/mol. The fourth-order valence-electron chi connectivity index (χ4n) is 4.63. The lowest BCUT2D eigenvalue weighted by molar-refractivity contribution is -0.135. The lowest BCUT2D eigenvalue weighted by Gasteiger charge is -2.40. The molecule has 0 aromatic heterocycles. The molecule has 1 aromatic rings. The van der Waals surface area contributed by atoms with Crippen molar-refractivity contribution in [2.24, 2.45) is 0 Å². The first-order valence-electron chi connectivity index (χ1n) is 11.7. The summed E-state index contributed by atoms with van der Waals surface area (Å²) in [6.07, 6.45) is 0.819. The minimum Gasteiger partial charge on any atom is -0.493 e. The number of hydrogen-bond acceptors (Lipinski definition) is 8. The molecule has 0 saturated carbocycles. The van der Waals surface area contributed by atoms with E-state index in [1.807, 2.05) is 13.8 Å². The van der Waals surface area contributed by atoms with Crippen molar-refractivity contribution in [1.29, 1.82) is 0 Å². The van der Waals surface area contributed by atoms with Crippen LogP contribution in [0, 0.1) is 0 Å². The SMILES string of the molecule is COc1cc(C=O)cc2c1OC1C2C(C(=O)NCCO)=CC(N(CCCOC(C)C)C(C)=O)C1O. The maximum atomic E-state index is 13.1. The van der Waals surface area contributed by atoms with Gasteiger partial charge in [-0.2, -0.15) is 0 Å². The van der Waals surface area contributed by atoms with E-state index in [1.54, 1.807) is 12.1 Å². The Morgan fingerprint density at radius 2 is 2.06 bits per heavy atom. The van der Waals surface area contributed by atoms with Gasteiger partial charge in [0.05, 0.1) is 31.8 Å². The van der Waals surface area contributed by atoms with Crippen LogP contribution >= 0.6 is 0 Å². The molecule has 2 aliphatic rings. The van der Waals surface area contributed by atoms with Crippen LogP contribution in [0.3, 0.4) is 0 Å². The van der Waals surface area contributed by atoms with Gasteiger partial charge in [0, 0.05) is 43.3 Å². The number of hydrogen-bond donors (Lipinski definition) is 3. The molecular weight excluding hydrogens is 456 g/mol. The van der Waals surface area contributed by atoms with Gasteiger partial charge in [-0.1, -0.05) is 0 Å². The quantitative estimate of drug-likeness (QED) is 0.306. The summed E-state index contributed by atoms with van der Waals surface area (Å²) in [4.78, 5) is 38.7. The van der Waals surface area contributed by atoms with E-state index < -0.39 is 30.1 Å². The van der Waals surface area contributed by atoms with Gasteiger partial charge >= 0.3 is 0 Å². The van der Waals surface area contributed by atoms with Gasteiger partial charge in [-0.15, -0.1) is 0 Å². The smallest absolute Gasteiger partial charge is 0.247 e. The van der Waals surface area contributed by atoms with Crippen molar-refractivity contribution in [1.82, 2.24) is 10.2 Å². The van der Waals surface area contributed by atoms with Gasteiger partial charge in [0.1, 0.15) is 18.5 Å². The first-order chi connectivity index (χ1) is 16.7. The molecule has 10 heteroatoms. The normalized spacial score (nSPS) is 22.5. The van der Waals surface area contributed by atoms with E-state index in [4.69, 9.17) is 14.2 Å². The lowest BCUT2D eigenvalue weighted by atomic mass is 9.77. The Bertz CT molecular complexity index is 976. The summed E-state index contributed by atoms with van der Waals surface area (Å²) in [5, 5.41) is 23.2. The number of aliphatic hydroxyl groups is 2. The summed E-state index contributed by atoms with van der Waals surface area (Å²) in [7, 11) is 1.44. The highest BCUT2D eigenvalue weighted by atomic mass is 16.5. The van der Waals surface area contributed by atoms with Crippen LogP contribution in [0.1, 0.15) is 49.0 Å². The standard InChI is InChI=1S/C25H34N2O8/c1-14(2)34-9-5-7-27(15(3)30)19-12-18(25(32)26-6-8-28)21-17-10-16(13-29)11-20(33-4)23(17)35-24(21)22(19)31/h10-14,19,21-22,24,28,31H,5-9H2,1-4H3,(H,26,32). The van der Waals surface area contributed by atoms with Gasteiger partial charge < -0.3 is 34.6 Å². The molecule has 4 unspecified atom stereocenters. The zero-order chi connectivity index (χ0) is 25.7. The molecule has 0 bridgehead atoms. The Morgan fingerprint density at radius 1 is 1.31 bits per heavy atom. The number of nitrogens with zero attached hydrogens (tertiary/aromatic N) is 1. The van der Waals surface area contributed by atoms with Crippen molar-refractivity contribution < 1.29 is 38.8 Å². The summed E-state index contributed by atoms with van der Waals surface area (Å²) < 4.78 is 17.1. The molecule has 10 nitrogen and oxygen atoms in total. The van der Waals surface area contributed by atoms with Gasteiger partial charge in [0.2, 0.25) is 11.8 Å². The molecule has 35 heavy (non-hydrogen) atoms. The number of aldehydes is 1. The van der Waals surface area contributed by atoms with Crippen molar-refractivity contribution in [3.8, 4) is 11.5 Å². The average Bonchev–Trinajstić information content (AvgIpc) is 3.22. The van der Waals surface area contributed by atoms with Crippen molar-refractivity contribution >= 4 is 18.1 Å². The van der Waals surface area contributed by atoms with Crippen molar-refractivity contribution in [2.75, 3.05) is 33.4 Å². The molecule has 3 rings (SSSR count). The number of aliphatic hydroxyl groups excluding tert-OH is 2. The second-order valence-electron chi connectivity index (χ2n) is 8.89. The second kappa shape index (κ2) is 11.7. The molecule has 3 N–H and O–H groups in total. The monoisotopic (exact) mass is 490 g/mol. The van der Waals surface area contributed by atoms with E-state index in [9.17, 15) is 24.6 Å². The highest BCUT2D eigenvalue weighted by Crippen LogP contribution is 2.51. The first-order valence-corrected chi connectivity index (χ1v) is 11.7. The minimum atomic E-state index is -1.15. The van der Waals surface area contributed by atoms with Crippen LogP contribution in [0.15, 0.2) is 23.8 Å². The van der Waals surface area contributed by atoms with Crippen LogP contribution < -0.4 is 14.8 Å². The van der Waals surface area contributed by atoms with Gasteiger partial charge in [-0.25, -0.2) is 0 Å². The lowest BCUT2D eigenvalue weighted by Crippen LogP contribution is -2.55. The Balaban J connectivity index is 2.02. The van der Waals surface area contributed by atoms with Gasteiger partial charge in [0.25, 0.3) is 0 Å². The third-order valence-corrected chi connectivity index (χ3v) is 6.17. The summed E-state index contributed by atoms with van der Waals surface area (Å²) >= 11 is 0. The van der Waals surface area contributed by atoms with E-state index >= 15 is 0 Å². The number of rotatable bonds is 11. The Hall–Kier alpha value is -2.95. The van der Waals surface area contributed by atoms with Crippen LogP contribution in [-0.2, 0) is 14.3 Å². The third-order valence-electron chi connectivity index (χ3n) is 6.17. The van der Waals surface area contributed by atoms with E-state index in [0.717, 1.165) is 0 Å². The zero-order valence-electron chi connectivity index (χ0n) is 20.5. The molecule has 1 aliphatic heterocycles. The summed E-state index contributed by atoms with van der Waals surface area (Å²) in [5.41, 5.74) is 1.17. The molecule has 0 spiro atoms. The van der Waals surface area contributed by atoms with E-state index in [0.29, 0.717) is 48.5 Å². The number of amides is 2. The Morgan fingerprint density at radius 3 is 2.66 bits per heavy atom. The van der Waals surface area contributed by atoms with E-state index in [2.05, 4.69) is 5.32 Å². The molecule has 0 radical (unpaired) electrons. The number of methoxy groups -OCH3 is 1. The molecule has 192 valence electrons. The molecule has 1 aliphatic carbocycles. The molecule has 4 atom stereocenters. The second-order valence-corrected chi connectivity index (χ2v) is 8.89. The molecule has 1 aromatic carbocycles. The number of fused-ring (bicyclic) bond motifs is 3. The van der Waals surface area contributed by atoms with E-state index in [-0.39, 0.29) is 30.7 Å². The fraction of sp³-hybridized carbons (Fsp3) is 0.560. The maximum Gasteiger partial charge on any atom is 0.247 e. The fourth-order valence-corrected chi connectivity index (χ4v) is 4.63. The van der Waals surface area contributed by atoms with Crippen molar-refractivity contribution in [3.63, 3.8) is 0 Å². The Labute approximate surface area is 204 Å². The summed E-state index contributed by atoms with van der Waals surface area (Å²) in [6, 6.07) is 2.31. The zero-order valence-corrected chi connectivity index (χ0v) is 20.5. The summed E-state index contributed by atoms with van der Waals surface area (Å²) in [6.45, 7) is 5.80. The van der Waals surface area contributed by atoms with Crippen LogP contribution in [0.25, 0.3) is 0 Å². The van der Waals surface area contributed by atoms with Gasteiger partial charge in [-0.3, -0.25) is 14.4 Å². The number of ether oxygens (including phenoxy) is 3. The Kier molecular flexibility index (Phi) is 8.87. The molecule has 0 saturated heterocycles. The average molecular weight is 491 g/mol. The molecule has 2 amide bonds. The highest BCUT2D eigenvalue weighted by Gasteiger charge is 2.51. The van der Waals surface area contributed by atoms with Crippen molar-refractivity contribution in [2.45, 2.75) is 57.5 Å². The highest BCUT2D eigenvalue weighted by molar-refractivity contribution is 5.96. The maximum absolute atomic E-state index is 13.1. The largest absolute Gasteiger partial charge is 0.493 e. The first kappa shape index (κ1) is 26.7. The van der Waals surface area contributed by atoms with Crippen molar-refractivity contribution in [3.05, 3.63) is 34.9 Å². The minimum absolute atomic E-state index is 0.0369. The molecule has 1 heterocycles. The molecule has 0 fully saturated rings. The van der Waals surface area contributed by atoms with Crippen LogP contribution in [0.5, 0.6) is 11.5 Å². The van der Waals surface area contributed by atoms with Crippen LogP contribution in [-0.4, -0.2) is 91.0 Å². The number of nitrogens with one attached hydrogen (secondary N) is 1. The van der Waals surface area contributed by atoms with Crippen LogP contribution in [0.4, 0.5) is 0 Å². The topological polar surface area (TPSA) is 135 Å². The van der Waals surface area contributed by atoms with Gasteiger partial charge in [-0.05, 0) is 38.5 Å². The number of carbonyl (C=O) groups is 3.